The second kappa shape index (κ2) is 8.44. The molecule has 3 aromatic carbocycles. The number of aryl methyl sites for hydroxylation is 2. The largest absolute Gasteiger partial charge is 0.488 e. The second-order valence-electron chi connectivity index (χ2n) is 7.38. The Morgan fingerprint density at radius 2 is 1.74 bits per heavy atom. The van der Waals surface area contributed by atoms with Gasteiger partial charge in [0.15, 0.2) is 5.78 Å². The highest BCUT2D eigenvalue weighted by Crippen LogP contribution is 2.28. The van der Waals surface area contributed by atoms with E-state index >= 15 is 0 Å². The number of hydrogen-bond acceptors (Lipinski definition) is 5. The first-order valence-corrected chi connectivity index (χ1v) is 9.92. The number of benzene rings is 3. The summed E-state index contributed by atoms with van der Waals surface area (Å²) < 4.78 is 11.3. The fourth-order valence-corrected chi connectivity index (χ4v) is 3.39. The average molecular weight is 414 g/mol. The third kappa shape index (κ3) is 4.33. The van der Waals surface area contributed by atoms with Gasteiger partial charge in [0.1, 0.15) is 18.1 Å². The quantitative estimate of drug-likeness (QED) is 0.423. The molecule has 1 N–H and O–H groups in total. The molecule has 1 amide bonds. The van der Waals surface area contributed by atoms with Crippen LogP contribution in [-0.2, 0) is 6.61 Å². The monoisotopic (exact) mass is 414 g/mol. The van der Waals surface area contributed by atoms with Gasteiger partial charge < -0.3 is 14.6 Å². The van der Waals surface area contributed by atoms with Crippen molar-refractivity contribution >= 4 is 28.2 Å². The van der Waals surface area contributed by atoms with Crippen molar-refractivity contribution in [3.05, 3.63) is 88.8 Å². The fourth-order valence-electron chi connectivity index (χ4n) is 3.39. The minimum absolute atomic E-state index is 0.0645. The number of anilines is 1. The van der Waals surface area contributed by atoms with Gasteiger partial charge >= 0.3 is 0 Å². The van der Waals surface area contributed by atoms with Crippen LogP contribution >= 0.6 is 0 Å². The summed E-state index contributed by atoms with van der Waals surface area (Å²) in [4.78, 5) is 24.8. The molecule has 0 bridgehead atoms. The first-order valence-electron chi connectivity index (χ1n) is 9.92. The van der Waals surface area contributed by atoms with Gasteiger partial charge in [0.25, 0.3) is 5.91 Å². The maximum Gasteiger partial charge on any atom is 0.259 e. The van der Waals surface area contributed by atoms with Crippen molar-refractivity contribution in [1.29, 1.82) is 0 Å². The van der Waals surface area contributed by atoms with Crippen LogP contribution in [0.2, 0.25) is 0 Å². The molecule has 0 aliphatic heterocycles. The molecule has 0 unspecified atom stereocenters. The number of nitrogens with zero attached hydrogens (tertiary/aromatic N) is 1. The topological polar surface area (TPSA) is 81.4 Å². The van der Waals surface area contributed by atoms with Crippen LogP contribution in [0.5, 0.6) is 5.75 Å². The van der Waals surface area contributed by atoms with Gasteiger partial charge in [-0.25, -0.2) is 0 Å². The van der Waals surface area contributed by atoms with E-state index in [1.165, 1.54) is 6.92 Å². The lowest BCUT2D eigenvalue weighted by atomic mass is 10.0. The SMILES string of the molecule is CC(=O)c1cccc(NC(=O)c2cc3ccccc3cc2OCc2c(C)noc2C)c1. The standard InChI is InChI=1S/C25H22N2O4/c1-15-23(17(3)31-27-15)14-30-24-13-20-8-5-4-7-19(20)12-22(24)25(29)26-21-10-6-9-18(11-21)16(2)28/h4-13H,14H2,1-3H3,(H,26,29). The fraction of sp³-hybridized carbons (Fsp3) is 0.160. The van der Waals surface area contributed by atoms with Gasteiger partial charge in [0.05, 0.1) is 16.8 Å². The Balaban J connectivity index is 1.68. The predicted molar refractivity (Wildman–Crippen MR) is 119 cm³/mol. The molecule has 0 spiro atoms. The predicted octanol–water partition coefficient (Wildman–Crippen LogP) is 5.48. The number of ether oxygens (including phenoxy) is 1. The number of aromatic nitrogens is 1. The van der Waals surface area contributed by atoms with Crippen molar-refractivity contribution in [1.82, 2.24) is 5.16 Å². The minimum atomic E-state index is -0.319. The number of fused-ring (bicyclic) bond motifs is 1. The molecule has 0 radical (unpaired) electrons. The summed E-state index contributed by atoms with van der Waals surface area (Å²) in [6.07, 6.45) is 0. The third-order valence-corrected chi connectivity index (χ3v) is 5.17. The molecule has 0 aliphatic carbocycles. The molecule has 1 aromatic heterocycles. The Hall–Kier alpha value is -3.93. The van der Waals surface area contributed by atoms with Crippen LogP contribution in [0.3, 0.4) is 0 Å². The van der Waals surface area contributed by atoms with E-state index in [-0.39, 0.29) is 18.3 Å². The van der Waals surface area contributed by atoms with E-state index in [2.05, 4.69) is 10.5 Å². The van der Waals surface area contributed by atoms with Crippen molar-refractivity contribution in [3.63, 3.8) is 0 Å². The summed E-state index contributed by atoms with van der Waals surface area (Å²) >= 11 is 0. The molecular formula is C25H22N2O4. The van der Waals surface area contributed by atoms with Gasteiger partial charge in [-0.3, -0.25) is 9.59 Å². The van der Waals surface area contributed by atoms with E-state index in [0.29, 0.717) is 28.3 Å². The Labute approximate surface area is 179 Å². The lowest BCUT2D eigenvalue weighted by molar-refractivity contribution is 0.100. The van der Waals surface area contributed by atoms with Crippen molar-refractivity contribution in [3.8, 4) is 5.75 Å². The summed E-state index contributed by atoms with van der Waals surface area (Å²) in [5.74, 6) is 0.759. The Bertz CT molecular complexity index is 1270. The van der Waals surface area contributed by atoms with Gasteiger partial charge in [-0.15, -0.1) is 0 Å². The van der Waals surface area contributed by atoms with Crippen LogP contribution in [0.15, 0.2) is 65.2 Å². The van der Waals surface area contributed by atoms with Crippen molar-refractivity contribution in [2.24, 2.45) is 0 Å². The molecule has 0 fully saturated rings. The van der Waals surface area contributed by atoms with Gasteiger partial charge in [-0.1, -0.05) is 41.6 Å². The zero-order valence-corrected chi connectivity index (χ0v) is 17.6. The highest BCUT2D eigenvalue weighted by molar-refractivity contribution is 6.09. The molecule has 31 heavy (non-hydrogen) atoms. The number of carbonyl (C=O) groups excluding carboxylic acids is 2. The molecular weight excluding hydrogens is 392 g/mol. The van der Waals surface area contributed by atoms with Crippen LogP contribution in [-0.4, -0.2) is 16.8 Å². The average Bonchev–Trinajstić information content (AvgIpc) is 3.09. The zero-order chi connectivity index (χ0) is 22.0. The number of rotatable bonds is 6. The highest BCUT2D eigenvalue weighted by atomic mass is 16.5. The maximum absolute atomic E-state index is 13.1. The molecule has 156 valence electrons. The second-order valence-corrected chi connectivity index (χ2v) is 7.38. The summed E-state index contributed by atoms with van der Waals surface area (Å²) in [6.45, 7) is 5.41. The summed E-state index contributed by atoms with van der Waals surface area (Å²) in [5.41, 5.74) is 3.09. The molecule has 6 nitrogen and oxygen atoms in total. The number of nitrogens with one attached hydrogen (secondary N) is 1. The molecule has 0 atom stereocenters. The lowest BCUT2D eigenvalue weighted by Gasteiger charge is -2.14. The Kier molecular flexibility index (Phi) is 5.54. The van der Waals surface area contributed by atoms with E-state index < -0.39 is 0 Å². The third-order valence-electron chi connectivity index (χ3n) is 5.17. The molecule has 6 heteroatoms. The van der Waals surface area contributed by atoms with Crippen LogP contribution in [0, 0.1) is 13.8 Å². The van der Waals surface area contributed by atoms with Crippen molar-refractivity contribution < 1.29 is 18.8 Å². The van der Waals surface area contributed by atoms with Gasteiger partial charge in [-0.05, 0) is 55.8 Å². The first kappa shape index (κ1) is 20.3. The summed E-state index contributed by atoms with van der Waals surface area (Å²) in [5, 5.41) is 8.71. The van der Waals surface area contributed by atoms with Crippen molar-refractivity contribution in [2.45, 2.75) is 27.4 Å². The zero-order valence-electron chi connectivity index (χ0n) is 17.6. The van der Waals surface area contributed by atoms with Crippen LogP contribution < -0.4 is 10.1 Å². The van der Waals surface area contributed by atoms with Crippen molar-refractivity contribution in [2.75, 3.05) is 5.32 Å². The van der Waals surface area contributed by atoms with E-state index in [1.807, 2.05) is 50.2 Å². The van der Waals surface area contributed by atoms with Gasteiger partial charge in [0, 0.05) is 11.3 Å². The lowest BCUT2D eigenvalue weighted by Crippen LogP contribution is -2.14. The smallest absolute Gasteiger partial charge is 0.259 e. The Morgan fingerprint density at radius 1 is 1.00 bits per heavy atom. The number of amides is 1. The van der Waals surface area contributed by atoms with Crippen LogP contribution in [0.25, 0.3) is 10.8 Å². The van der Waals surface area contributed by atoms with E-state index in [1.54, 1.807) is 24.3 Å². The van der Waals surface area contributed by atoms with Crippen LogP contribution in [0.1, 0.15) is 44.7 Å². The number of Topliss-reactive ketones (excluding diaryl/α,β-unsaturated/α-hetero) is 1. The maximum atomic E-state index is 13.1. The van der Waals surface area contributed by atoms with E-state index in [9.17, 15) is 9.59 Å². The Morgan fingerprint density at radius 3 is 2.42 bits per heavy atom. The summed E-state index contributed by atoms with van der Waals surface area (Å²) in [6, 6.07) is 18.3. The van der Waals surface area contributed by atoms with Gasteiger partial charge in [0.2, 0.25) is 0 Å². The molecule has 1 heterocycles. The normalized spacial score (nSPS) is 10.8. The minimum Gasteiger partial charge on any atom is -0.488 e. The number of hydrogen-bond donors (Lipinski definition) is 1. The molecule has 0 saturated carbocycles. The van der Waals surface area contributed by atoms with E-state index in [4.69, 9.17) is 9.26 Å². The first-order chi connectivity index (χ1) is 14.9. The molecule has 4 rings (SSSR count). The molecule has 0 saturated heterocycles. The highest BCUT2D eigenvalue weighted by Gasteiger charge is 2.17. The van der Waals surface area contributed by atoms with Crippen LogP contribution in [0.4, 0.5) is 5.69 Å². The number of carbonyl (C=O) groups is 2. The summed E-state index contributed by atoms with van der Waals surface area (Å²) in [7, 11) is 0. The molecule has 4 aromatic rings. The number of ketones is 1. The van der Waals surface area contributed by atoms with E-state index in [0.717, 1.165) is 22.0 Å². The molecule has 0 aliphatic rings. The van der Waals surface area contributed by atoms with Gasteiger partial charge in [-0.2, -0.15) is 0 Å².